The Hall–Kier alpha value is -3.64. The van der Waals surface area contributed by atoms with Gasteiger partial charge in [0.25, 0.3) is 5.91 Å². The zero-order chi connectivity index (χ0) is 21.0. The summed E-state index contributed by atoms with van der Waals surface area (Å²) in [6.45, 7) is 4.93. The molecule has 2 N–H and O–H groups in total. The van der Waals surface area contributed by atoms with Crippen molar-refractivity contribution in [3.63, 3.8) is 0 Å². The second-order valence-electron chi connectivity index (χ2n) is 7.89. The highest BCUT2D eigenvalue weighted by Gasteiger charge is 2.18. The van der Waals surface area contributed by atoms with E-state index in [4.69, 9.17) is 0 Å². The van der Waals surface area contributed by atoms with Crippen LogP contribution >= 0.6 is 0 Å². The summed E-state index contributed by atoms with van der Waals surface area (Å²) in [5.41, 5.74) is 4.93. The maximum atomic E-state index is 12.6. The van der Waals surface area contributed by atoms with Gasteiger partial charge in [0.05, 0.1) is 0 Å². The Morgan fingerprint density at radius 3 is 2.48 bits per heavy atom. The molecule has 2 aromatic heterocycles. The molecule has 0 unspecified atom stereocenters. The van der Waals surface area contributed by atoms with Gasteiger partial charge < -0.3 is 15.2 Å². The zero-order valence-corrected chi connectivity index (χ0v) is 17.3. The first-order valence-corrected chi connectivity index (χ1v) is 10.6. The first-order chi connectivity index (χ1) is 15.2. The molecule has 0 bridgehead atoms. The molecule has 1 fully saturated rings. The molecule has 1 amide bonds. The number of hydrogen-bond acceptors (Lipinski definition) is 4. The van der Waals surface area contributed by atoms with Crippen molar-refractivity contribution in [2.75, 3.05) is 36.4 Å². The van der Waals surface area contributed by atoms with E-state index in [1.54, 1.807) is 0 Å². The number of piperazine rings is 1. The molecule has 4 aromatic rings. The van der Waals surface area contributed by atoms with Crippen molar-refractivity contribution in [2.24, 2.45) is 0 Å². The van der Waals surface area contributed by atoms with Gasteiger partial charge in [-0.15, -0.1) is 0 Å². The van der Waals surface area contributed by atoms with Crippen LogP contribution in [0.4, 0.5) is 11.4 Å². The van der Waals surface area contributed by atoms with Crippen molar-refractivity contribution in [1.82, 2.24) is 14.9 Å². The van der Waals surface area contributed by atoms with E-state index in [1.807, 2.05) is 60.9 Å². The number of nitrogens with zero attached hydrogens (tertiary/aromatic N) is 3. The second kappa shape index (κ2) is 8.62. The lowest BCUT2D eigenvalue weighted by Gasteiger charge is -2.35. The molecule has 31 heavy (non-hydrogen) atoms. The number of para-hydroxylation sites is 1. The quantitative estimate of drug-likeness (QED) is 0.518. The fourth-order valence-electron chi connectivity index (χ4n) is 4.10. The van der Waals surface area contributed by atoms with Crippen molar-refractivity contribution >= 4 is 28.2 Å². The Morgan fingerprint density at radius 1 is 0.935 bits per heavy atom. The van der Waals surface area contributed by atoms with Crippen molar-refractivity contribution in [1.29, 1.82) is 0 Å². The standard InChI is InChI=1S/C25H25N5O/c31-25(28-21-4-2-1-3-5-21)19-6-7-24-20(16-19)17-22(27-24)18-29-12-14-30(15-13-29)23-8-10-26-11-9-23/h1-11,16-17,27H,12-15,18H2,(H,28,31). The van der Waals surface area contributed by atoms with Crippen molar-refractivity contribution in [3.05, 3.63) is 90.4 Å². The van der Waals surface area contributed by atoms with Crippen molar-refractivity contribution < 1.29 is 4.79 Å². The molecule has 0 radical (unpaired) electrons. The van der Waals surface area contributed by atoms with Crippen LogP contribution in [0.5, 0.6) is 0 Å². The Morgan fingerprint density at radius 2 is 1.71 bits per heavy atom. The van der Waals surface area contributed by atoms with Gasteiger partial charge in [-0.05, 0) is 48.5 Å². The first kappa shape index (κ1) is 19.3. The Labute approximate surface area is 181 Å². The molecule has 5 rings (SSSR count). The number of carbonyl (C=O) groups excluding carboxylic acids is 1. The number of benzene rings is 2. The average molecular weight is 412 g/mol. The number of carbonyl (C=O) groups is 1. The smallest absolute Gasteiger partial charge is 0.255 e. The van der Waals surface area contributed by atoms with Gasteiger partial charge in [-0.25, -0.2) is 0 Å². The van der Waals surface area contributed by atoms with Crippen LogP contribution in [0, 0.1) is 0 Å². The highest BCUT2D eigenvalue weighted by atomic mass is 16.1. The SMILES string of the molecule is O=C(Nc1ccccc1)c1ccc2[nH]c(CN3CCN(c4ccncc4)CC3)cc2c1. The van der Waals surface area contributed by atoms with Gasteiger partial charge in [0, 0.05) is 78.7 Å². The van der Waals surface area contributed by atoms with Gasteiger partial charge in [0.2, 0.25) is 0 Å². The number of amides is 1. The summed E-state index contributed by atoms with van der Waals surface area (Å²) in [6.07, 6.45) is 3.70. The van der Waals surface area contributed by atoms with Gasteiger partial charge in [-0.2, -0.15) is 0 Å². The summed E-state index contributed by atoms with van der Waals surface area (Å²) in [7, 11) is 0. The van der Waals surface area contributed by atoms with Gasteiger partial charge in [-0.1, -0.05) is 18.2 Å². The van der Waals surface area contributed by atoms with Crippen molar-refractivity contribution in [3.8, 4) is 0 Å². The Balaban J connectivity index is 1.23. The fraction of sp³-hybridized carbons (Fsp3) is 0.200. The van der Waals surface area contributed by atoms with Crippen LogP contribution in [-0.2, 0) is 6.54 Å². The van der Waals surface area contributed by atoms with Gasteiger partial charge in [0.1, 0.15) is 0 Å². The summed E-state index contributed by atoms with van der Waals surface area (Å²) in [5.74, 6) is -0.0944. The van der Waals surface area contributed by atoms with Crippen molar-refractivity contribution in [2.45, 2.75) is 6.54 Å². The highest BCUT2D eigenvalue weighted by molar-refractivity contribution is 6.06. The molecule has 0 saturated carbocycles. The third-order valence-corrected chi connectivity index (χ3v) is 5.76. The minimum absolute atomic E-state index is 0.0944. The maximum absolute atomic E-state index is 12.6. The van der Waals surface area contributed by atoms with Crippen LogP contribution in [0.3, 0.4) is 0 Å². The number of hydrogen-bond donors (Lipinski definition) is 2. The third-order valence-electron chi connectivity index (χ3n) is 5.76. The topological polar surface area (TPSA) is 64.3 Å². The maximum Gasteiger partial charge on any atom is 0.255 e. The van der Waals surface area contributed by atoms with E-state index in [0.717, 1.165) is 49.3 Å². The lowest BCUT2D eigenvalue weighted by molar-refractivity contribution is 0.102. The Kier molecular flexibility index (Phi) is 5.37. The first-order valence-electron chi connectivity index (χ1n) is 10.6. The van der Waals surface area contributed by atoms with Crippen LogP contribution in [-0.4, -0.2) is 47.0 Å². The number of pyridine rings is 1. The number of aromatic nitrogens is 2. The number of anilines is 2. The van der Waals surface area contributed by atoms with Crippen LogP contribution < -0.4 is 10.2 Å². The van der Waals surface area contributed by atoms with Crippen LogP contribution in [0.15, 0.2) is 79.1 Å². The Bertz CT molecular complexity index is 1160. The molecule has 6 nitrogen and oxygen atoms in total. The fourth-order valence-corrected chi connectivity index (χ4v) is 4.10. The molecule has 0 spiro atoms. The monoisotopic (exact) mass is 411 g/mol. The second-order valence-corrected chi connectivity index (χ2v) is 7.89. The predicted molar refractivity (Wildman–Crippen MR) is 124 cm³/mol. The lowest BCUT2D eigenvalue weighted by Crippen LogP contribution is -2.46. The molecular weight excluding hydrogens is 386 g/mol. The molecule has 1 aliphatic heterocycles. The van der Waals surface area contributed by atoms with E-state index in [1.165, 1.54) is 11.4 Å². The number of H-pyrrole nitrogens is 1. The lowest BCUT2D eigenvalue weighted by atomic mass is 10.1. The normalized spacial score (nSPS) is 14.6. The highest BCUT2D eigenvalue weighted by Crippen LogP contribution is 2.21. The summed E-state index contributed by atoms with van der Waals surface area (Å²) in [4.78, 5) is 25.1. The van der Waals surface area contributed by atoms with E-state index in [9.17, 15) is 4.79 Å². The predicted octanol–water partition coefficient (Wildman–Crippen LogP) is 4.14. The molecule has 156 valence electrons. The molecule has 3 heterocycles. The number of rotatable bonds is 5. The number of nitrogens with one attached hydrogen (secondary N) is 2. The van der Waals surface area contributed by atoms with Crippen LogP contribution in [0.25, 0.3) is 10.9 Å². The van der Waals surface area contributed by atoms with Crippen LogP contribution in [0.1, 0.15) is 16.1 Å². The minimum atomic E-state index is -0.0944. The zero-order valence-electron chi connectivity index (χ0n) is 17.3. The van der Waals surface area contributed by atoms with Gasteiger partial charge in [-0.3, -0.25) is 14.7 Å². The van der Waals surface area contributed by atoms with E-state index in [-0.39, 0.29) is 5.91 Å². The summed E-state index contributed by atoms with van der Waals surface area (Å²) < 4.78 is 0. The minimum Gasteiger partial charge on any atom is -0.369 e. The molecule has 1 aliphatic rings. The molecule has 6 heteroatoms. The number of aromatic amines is 1. The molecule has 1 saturated heterocycles. The van der Waals surface area contributed by atoms with E-state index >= 15 is 0 Å². The molecular formula is C25H25N5O. The largest absolute Gasteiger partial charge is 0.369 e. The molecule has 2 aromatic carbocycles. The van der Waals surface area contributed by atoms with Gasteiger partial charge >= 0.3 is 0 Å². The van der Waals surface area contributed by atoms with Crippen LogP contribution in [0.2, 0.25) is 0 Å². The van der Waals surface area contributed by atoms with E-state index < -0.39 is 0 Å². The average Bonchev–Trinajstić information content (AvgIpc) is 3.22. The molecule has 0 atom stereocenters. The summed E-state index contributed by atoms with van der Waals surface area (Å²) >= 11 is 0. The molecule has 0 aliphatic carbocycles. The van der Waals surface area contributed by atoms with Gasteiger partial charge in [0.15, 0.2) is 0 Å². The van der Waals surface area contributed by atoms with E-state index in [2.05, 4.69) is 43.3 Å². The third kappa shape index (κ3) is 4.44. The van der Waals surface area contributed by atoms with E-state index in [0.29, 0.717) is 5.56 Å². The number of fused-ring (bicyclic) bond motifs is 1. The summed E-state index contributed by atoms with van der Waals surface area (Å²) in [6, 6.07) is 21.6. The summed E-state index contributed by atoms with van der Waals surface area (Å²) in [5, 5.41) is 4.01.